The van der Waals surface area contributed by atoms with E-state index in [1.807, 2.05) is 62.4 Å². The molecule has 0 fully saturated rings. The molecule has 2 aromatic heterocycles. The van der Waals surface area contributed by atoms with Crippen molar-refractivity contribution in [2.24, 2.45) is 0 Å². The van der Waals surface area contributed by atoms with Gasteiger partial charge in [-0.25, -0.2) is 9.36 Å². The van der Waals surface area contributed by atoms with Gasteiger partial charge in [0.1, 0.15) is 24.8 Å². The normalized spacial score (nSPS) is 11.0. The van der Waals surface area contributed by atoms with Gasteiger partial charge >= 0.3 is 5.69 Å². The molecule has 0 amide bonds. The average molecular weight is 452 g/mol. The summed E-state index contributed by atoms with van der Waals surface area (Å²) in [4.78, 5) is 10.5. The van der Waals surface area contributed by atoms with Crippen LogP contribution in [0, 0.1) is 24.0 Å². The first kappa shape index (κ1) is 19.1. The maximum atomic E-state index is 11.0. The maximum absolute atomic E-state index is 11.0. The van der Waals surface area contributed by atoms with Crippen LogP contribution in [0.25, 0.3) is 22.5 Å². The van der Waals surface area contributed by atoms with Gasteiger partial charge in [0.2, 0.25) is 0 Å². The van der Waals surface area contributed by atoms with Gasteiger partial charge in [-0.05, 0) is 29.8 Å². The number of nitrogens with zero attached hydrogens (tertiary/aromatic N) is 5. The van der Waals surface area contributed by atoms with Crippen molar-refractivity contribution in [2.75, 3.05) is 0 Å². The first-order valence-electron chi connectivity index (χ1n) is 8.99. The Hall–Kier alpha value is -3.26. The Morgan fingerprint density at radius 1 is 1.00 bits per heavy atom. The van der Waals surface area contributed by atoms with Gasteiger partial charge in [0.25, 0.3) is 0 Å². The summed E-state index contributed by atoms with van der Waals surface area (Å²) in [6.45, 7) is 4.33. The number of hydrogen-bond donors (Lipinski definition) is 0. The lowest BCUT2D eigenvalue weighted by Gasteiger charge is -2.08. The number of hydrogen-bond acceptors (Lipinski definition) is 4. The van der Waals surface area contributed by atoms with Crippen molar-refractivity contribution in [2.45, 2.75) is 20.5 Å². The zero-order chi connectivity index (χ0) is 20.5. The van der Waals surface area contributed by atoms with Crippen molar-refractivity contribution >= 4 is 21.6 Å². The quantitative estimate of drug-likeness (QED) is 0.308. The third-order valence-corrected chi connectivity index (χ3v) is 5.41. The highest BCUT2D eigenvalue weighted by molar-refractivity contribution is 9.10. The Morgan fingerprint density at radius 2 is 1.59 bits per heavy atom. The summed E-state index contributed by atoms with van der Waals surface area (Å²) in [5, 5.41) is 19.9. The van der Waals surface area contributed by atoms with Gasteiger partial charge in [0.05, 0.1) is 15.1 Å². The van der Waals surface area contributed by atoms with Crippen LogP contribution in [0.3, 0.4) is 0 Å². The molecule has 0 saturated heterocycles. The van der Waals surface area contributed by atoms with Crippen LogP contribution in [0.1, 0.15) is 11.1 Å². The maximum Gasteiger partial charge on any atom is 0.307 e. The van der Waals surface area contributed by atoms with E-state index in [-0.39, 0.29) is 12.4 Å². The molecular weight excluding hydrogens is 434 g/mol. The molecule has 0 aliphatic carbocycles. The molecule has 0 radical (unpaired) electrons. The Bertz CT molecular complexity index is 1180. The molecular formula is C21H18BrN5O2. The molecule has 4 rings (SSSR count). The highest BCUT2D eigenvalue weighted by atomic mass is 79.9. The molecule has 0 spiro atoms. The standard InChI is InChI=1S/C21H18BrN5O2/c1-14-3-7-16(8-4-14)20-19(22)21(17-9-5-15(2)6-10-17)26(24-20)13-25-12-18(11-23-25)27(28)29/h3-12H,13H2,1-2H3. The second-order valence-corrected chi connectivity index (χ2v) is 7.67. The lowest BCUT2D eigenvalue weighted by atomic mass is 10.1. The fraction of sp³-hybridized carbons (Fsp3) is 0.143. The van der Waals surface area contributed by atoms with Crippen LogP contribution < -0.4 is 0 Å². The number of aromatic nitrogens is 4. The Labute approximate surface area is 175 Å². The van der Waals surface area contributed by atoms with Gasteiger partial charge < -0.3 is 0 Å². The van der Waals surface area contributed by atoms with Gasteiger partial charge in [-0.15, -0.1) is 0 Å². The summed E-state index contributed by atoms with van der Waals surface area (Å²) < 4.78 is 4.18. The average Bonchev–Trinajstić information content (AvgIpc) is 3.29. The first-order valence-corrected chi connectivity index (χ1v) is 9.79. The van der Waals surface area contributed by atoms with E-state index in [4.69, 9.17) is 5.10 Å². The van der Waals surface area contributed by atoms with Crippen LogP contribution >= 0.6 is 15.9 Å². The van der Waals surface area contributed by atoms with E-state index in [0.29, 0.717) is 0 Å². The zero-order valence-electron chi connectivity index (χ0n) is 15.9. The molecule has 0 aliphatic rings. The molecule has 0 bridgehead atoms. The van der Waals surface area contributed by atoms with Crippen molar-refractivity contribution in [3.63, 3.8) is 0 Å². The number of benzene rings is 2. The minimum absolute atomic E-state index is 0.0492. The van der Waals surface area contributed by atoms with Crippen molar-refractivity contribution in [3.8, 4) is 22.5 Å². The van der Waals surface area contributed by atoms with Crippen LogP contribution in [0.5, 0.6) is 0 Å². The van der Waals surface area contributed by atoms with Gasteiger partial charge in [-0.3, -0.25) is 10.1 Å². The van der Waals surface area contributed by atoms with Gasteiger partial charge in [0, 0.05) is 11.1 Å². The van der Waals surface area contributed by atoms with E-state index in [2.05, 4.69) is 21.0 Å². The van der Waals surface area contributed by atoms with E-state index in [0.717, 1.165) is 32.6 Å². The SMILES string of the molecule is Cc1ccc(-c2nn(Cn3cc([N+](=O)[O-])cn3)c(-c3ccc(C)cc3)c2Br)cc1. The monoisotopic (exact) mass is 451 g/mol. The third-order valence-electron chi connectivity index (χ3n) is 4.65. The summed E-state index contributed by atoms with van der Waals surface area (Å²) in [5.74, 6) is 0. The minimum Gasteiger partial charge on any atom is -0.258 e. The van der Waals surface area contributed by atoms with Crippen LogP contribution in [0.15, 0.2) is 65.4 Å². The Balaban J connectivity index is 1.83. The van der Waals surface area contributed by atoms with Crippen LogP contribution in [-0.2, 0) is 6.67 Å². The summed E-state index contributed by atoms with van der Waals surface area (Å²) >= 11 is 3.73. The predicted molar refractivity (Wildman–Crippen MR) is 115 cm³/mol. The minimum atomic E-state index is -0.457. The molecule has 0 saturated carbocycles. The highest BCUT2D eigenvalue weighted by Gasteiger charge is 2.20. The number of nitro groups is 1. The van der Waals surface area contributed by atoms with E-state index in [1.165, 1.54) is 22.6 Å². The number of halogens is 1. The lowest BCUT2D eigenvalue weighted by molar-refractivity contribution is -0.385. The predicted octanol–water partition coefficient (Wildman–Crippen LogP) is 5.21. The molecule has 2 aromatic carbocycles. The van der Waals surface area contributed by atoms with E-state index >= 15 is 0 Å². The summed E-state index contributed by atoms with van der Waals surface area (Å²) in [5.41, 5.74) is 5.97. The van der Waals surface area contributed by atoms with Crippen molar-refractivity contribution in [3.05, 3.63) is 86.6 Å². The Morgan fingerprint density at radius 3 is 2.14 bits per heavy atom. The number of aryl methyl sites for hydroxylation is 2. The second kappa shape index (κ2) is 7.63. The summed E-state index contributed by atoms with van der Waals surface area (Å²) in [6.07, 6.45) is 2.64. The van der Waals surface area contributed by atoms with E-state index < -0.39 is 4.92 Å². The van der Waals surface area contributed by atoms with E-state index in [1.54, 1.807) is 4.68 Å². The van der Waals surface area contributed by atoms with Crippen molar-refractivity contribution < 1.29 is 4.92 Å². The van der Waals surface area contributed by atoms with Crippen molar-refractivity contribution in [1.82, 2.24) is 19.6 Å². The molecule has 0 N–H and O–H groups in total. The first-order chi connectivity index (χ1) is 13.9. The molecule has 7 nitrogen and oxygen atoms in total. The molecule has 29 heavy (non-hydrogen) atoms. The molecule has 0 unspecified atom stereocenters. The molecule has 2 heterocycles. The third kappa shape index (κ3) is 3.84. The van der Waals surface area contributed by atoms with Gasteiger partial charge in [0.15, 0.2) is 0 Å². The molecule has 0 aliphatic heterocycles. The Kier molecular flexibility index (Phi) is 5.02. The summed E-state index contributed by atoms with van der Waals surface area (Å²) in [7, 11) is 0. The topological polar surface area (TPSA) is 78.8 Å². The molecule has 4 aromatic rings. The molecule has 146 valence electrons. The zero-order valence-corrected chi connectivity index (χ0v) is 17.5. The second-order valence-electron chi connectivity index (χ2n) is 6.88. The molecule has 0 atom stereocenters. The summed E-state index contributed by atoms with van der Waals surface area (Å²) in [6, 6.07) is 16.3. The van der Waals surface area contributed by atoms with Crippen LogP contribution in [0.4, 0.5) is 5.69 Å². The van der Waals surface area contributed by atoms with Crippen LogP contribution in [0.2, 0.25) is 0 Å². The fourth-order valence-corrected chi connectivity index (χ4v) is 3.83. The fourth-order valence-electron chi connectivity index (χ4n) is 3.09. The largest absolute Gasteiger partial charge is 0.307 e. The highest BCUT2D eigenvalue weighted by Crippen LogP contribution is 2.37. The van der Waals surface area contributed by atoms with Gasteiger partial charge in [-0.1, -0.05) is 59.7 Å². The number of rotatable bonds is 5. The smallest absolute Gasteiger partial charge is 0.258 e. The lowest BCUT2D eigenvalue weighted by Crippen LogP contribution is -2.11. The van der Waals surface area contributed by atoms with Crippen LogP contribution in [-0.4, -0.2) is 24.5 Å². The molecule has 8 heteroatoms. The van der Waals surface area contributed by atoms with Crippen molar-refractivity contribution in [1.29, 1.82) is 0 Å². The van der Waals surface area contributed by atoms with E-state index in [9.17, 15) is 10.1 Å². The van der Waals surface area contributed by atoms with Gasteiger partial charge in [-0.2, -0.15) is 10.2 Å².